The van der Waals surface area contributed by atoms with Crippen molar-refractivity contribution in [3.63, 3.8) is 0 Å². The van der Waals surface area contributed by atoms with Gasteiger partial charge in [-0.1, -0.05) is 54.1 Å². The fraction of sp³-hybridized carbons (Fsp3) is 0.176. The Labute approximate surface area is 123 Å². The molecule has 0 aliphatic heterocycles. The third-order valence-electron chi connectivity index (χ3n) is 3.48. The molecule has 0 amide bonds. The first-order valence-electron chi connectivity index (χ1n) is 6.71. The Hall–Kier alpha value is -1.77. The van der Waals surface area contributed by atoms with E-state index >= 15 is 0 Å². The number of furan rings is 1. The zero-order valence-electron chi connectivity index (χ0n) is 11.1. The highest BCUT2D eigenvalue weighted by atomic mass is 35.5. The summed E-state index contributed by atoms with van der Waals surface area (Å²) in [6, 6.07) is 18.0. The van der Waals surface area contributed by atoms with Crippen LogP contribution < -0.4 is 5.73 Å². The number of aryl methyl sites for hydroxylation is 1. The number of hydrogen-bond donors (Lipinski definition) is 1. The van der Waals surface area contributed by atoms with Gasteiger partial charge in [0.25, 0.3) is 0 Å². The van der Waals surface area contributed by atoms with Crippen LogP contribution >= 0.6 is 11.6 Å². The van der Waals surface area contributed by atoms with Gasteiger partial charge in [0.1, 0.15) is 5.76 Å². The summed E-state index contributed by atoms with van der Waals surface area (Å²) in [5.41, 5.74) is 8.12. The summed E-state index contributed by atoms with van der Waals surface area (Å²) in [6.07, 6.45) is 1.66. The monoisotopic (exact) mass is 285 g/mol. The van der Waals surface area contributed by atoms with Crippen molar-refractivity contribution in [1.82, 2.24) is 0 Å². The van der Waals surface area contributed by atoms with E-state index in [1.807, 2.05) is 42.5 Å². The number of fused-ring (bicyclic) bond motifs is 1. The summed E-state index contributed by atoms with van der Waals surface area (Å²) in [7, 11) is 0. The van der Waals surface area contributed by atoms with Crippen LogP contribution in [-0.4, -0.2) is 0 Å². The highest BCUT2D eigenvalue weighted by molar-refractivity contribution is 6.34. The second-order valence-electron chi connectivity index (χ2n) is 4.93. The van der Waals surface area contributed by atoms with Crippen molar-refractivity contribution in [2.24, 2.45) is 5.73 Å². The number of rotatable bonds is 4. The summed E-state index contributed by atoms with van der Waals surface area (Å²) in [6.45, 7) is 0. The van der Waals surface area contributed by atoms with Crippen molar-refractivity contribution >= 4 is 22.6 Å². The van der Waals surface area contributed by atoms with E-state index in [1.165, 1.54) is 0 Å². The fourth-order valence-electron chi connectivity index (χ4n) is 2.37. The summed E-state index contributed by atoms with van der Waals surface area (Å²) >= 11 is 6.11. The highest BCUT2D eigenvalue weighted by Gasteiger charge is 2.10. The predicted molar refractivity (Wildman–Crippen MR) is 82.9 cm³/mol. The first kappa shape index (κ1) is 13.2. The lowest BCUT2D eigenvalue weighted by Crippen LogP contribution is -2.10. The van der Waals surface area contributed by atoms with Gasteiger partial charge >= 0.3 is 0 Å². The number of benzene rings is 2. The molecule has 3 aromatic rings. The molecule has 102 valence electrons. The highest BCUT2D eigenvalue weighted by Crippen LogP contribution is 2.28. The maximum absolute atomic E-state index is 6.20. The summed E-state index contributed by atoms with van der Waals surface area (Å²) < 4.78 is 5.80. The largest absolute Gasteiger partial charge is 0.460 e. The Bertz CT molecular complexity index is 705. The van der Waals surface area contributed by atoms with Gasteiger partial charge in [-0.25, -0.2) is 0 Å². The van der Waals surface area contributed by atoms with E-state index in [1.54, 1.807) is 0 Å². The minimum absolute atomic E-state index is 0.0277. The van der Waals surface area contributed by atoms with Crippen LogP contribution in [0, 0.1) is 0 Å². The van der Waals surface area contributed by atoms with Gasteiger partial charge in [0.15, 0.2) is 5.58 Å². The summed E-state index contributed by atoms with van der Waals surface area (Å²) in [4.78, 5) is 0. The van der Waals surface area contributed by atoms with Crippen molar-refractivity contribution in [3.8, 4) is 0 Å². The minimum atomic E-state index is 0.0277. The lowest BCUT2D eigenvalue weighted by molar-refractivity contribution is 0.519. The van der Waals surface area contributed by atoms with Crippen LogP contribution in [-0.2, 0) is 6.42 Å². The van der Waals surface area contributed by atoms with Gasteiger partial charge in [-0.05, 0) is 24.1 Å². The zero-order chi connectivity index (χ0) is 13.9. The van der Waals surface area contributed by atoms with Crippen LogP contribution in [0.2, 0.25) is 5.02 Å². The van der Waals surface area contributed by atoms with E-state index in [0.29, 0.717) is 5.02 Å². The molecule has 3 rings (SSSR count). The normalized spacial score (nSPS) is 12.7. The van der Waals surface area contributed by atoms with Crippen LogP contribution in [0.3, 0.4) is 0 Å². The second-order valence-corrected chi connectivity index (χ2v) is 5.33. The first-order chi connectivity index (χ1) is 9.74. The first-order valence-corrected chi connectivity index (χ1v) is 7.09. The van der Waals surface area contributed by atoms with Crippen LogP contribution in [0.4, 0.5) is 0 Å². The third kappa shape index (κ3) is 2.72. The molecule has 1 atom stereocenters. The molecule has 1 unspecified atom stereocenters. The smallest absolute Gasteiger partial charge is 0.152 e. The van der Waals surface area contributed by atoms with E-state index in [9.17, 15) is 0 Å². The molecular weight excluding hydrogens is 270 g/mol. The van der Waals surface area contributed by atoms with Gasteiger partial charge in [0, 0.05) is 17.8 Å². The molecule has 1 aromatic heterocycles. The van der Waals surface area contributed by atoms with Crippen molar-refractivity contribution in [1.29, 1.82) is 0 Å². The van der Waals surface area contributed by atoms with E-state index in [0.717, 1.165) is 35.1 Å². The molecule has 1 heterocycles. The van der Waals surface area contributed by atoms with Crippen molar-refractivity contribution in [2.75, 3.05) is 0 Å². The van der Waals surface area contributed by atoms with Gasteiger partial charge in [-0.2, -0.15) is 0 Å². The zero-order valence-corrected chi connectivity index (χ0v) is 11.8. The standard InChI is InChI=1S/C17H16ClNO/c18-15-8-4-7-13-11-14(20-17(13)15)9-10-16(19)12-5-2-1-3-6-12/h1-8,11,16H,9-10,19H2. The van der Waals surface area contributed by atoms with Crippen molar-refractivity contribution in [2.45, 2.75) is 18.9 Å². The molecule has 0 spiro atoms. The van der Waals surface area contributed by atoms with Crippen LogP contribution in [0.15, 0.2) is 59.0 Å². The Morgan fingerprint density at radius 2 is 1.85 bits per heavy atom. The average molecular weight is 286 g/mol. The van der Waals surface area contributed by atoms with E-state index in [4.69, 9.17) is 21.8 Å². The number of halogens is 1. The molecule has 0 aliphatic rings. The number of hydrogen-bond acceptors (Lipinski definition) is 2. The van der Waals surface area contributed by atoms with Gasteiger partial charge in [-0.3, -0.25) is 0 Å². The SMILES string of the molecule is NC(CCc1cc2cccc(Cl)c2o1)c1ccccc1. The van der Waals surface area contributed by atoms with Gasteiger partial charge in [0.2, 0.25) is 0 Å². The van der Waals surface area contributed by atoms with Crippen LogP contribution in [0.5, 0.6) is 0 Å². The molecule has 2 nitrogen and oxygen atoms in total. The summed E-state index contributed by atoms with van der Waals surface area (Å²) in [5.74, 6) is 0.930. The van der Waals surface area contributed by atoms with E-state index in [2.05, 4.69) is 12.1 Å². The Balaban J connectivity index is 1.72. The van der Waals surface area contributed by atoms with Crippen molar-refractivity contribution in [3.05, 3.63) is 70.9 Å². The van der Waals surface area contributed by atoms with E-state index < -0.39 is 0 Å². The molecule has 0 aliphatic carbocycles. The molecule has 0 saturated carbocycles. The third-order valence-corrected chi connectivity index (χ3v) is 3.77. The number of para-hydroxylation sites is 1. The van der Waals surface area contributed by atoms with E-state index in [-0.39, 0.29) is 6.04 Å². The predicted octanol–water partition coefficient (Wildman–Crippen LogP) is 4.72. The van der Waals surface area contributed by atoms with Gasteiger partial charge < -0.3 is 10.2 Å². The molecular formula is C17H16ClNO. The Morgan fingerprint density at radius 1 is 1.05 bits per heavy atom. The topological polar surface area (TPSA) is 39.2 Å². The van der Waals surface area contributed by atoms with Gasteiger partial charge in [-0.15, -0.1) is 0 Å². The van der Waals surface area contributed by atoms with Crippen LogP contribution in [0.1, 0.15) is 23.8 Å². The minimum Gasteiger partial charge on any atom is -0.460 e. The maximum Gasteiger partial charge on any atom is 0.152 e. The second kappa shape index (κ2) is 5.70. The number of nitrogens with two attached hydrogens (primary N) is 1. The Morgan fingerprint density at radius 3 is 2.60 bits per heavy atom. The lowest BCUT2D eigenvalue weighted by Gasteiger charge is -2.10. The molecule has 2 N–H and O–H groups in total. The van der Waals surface area contributed by atoms with Crippen LogP contribution in [0.25, 0.3) is 11.0 Å². The Kier molecular flexibility index (Phi) is 3.77. The molecule has 0 fully saturated rings. The fourth-order valence-corrected chi connectivity index (χ4v) is 2.59. The molecule has 20 heavy (non-hydrogen) atoms. The summed E-state index contributed by atoms with van der Waals surface area (Å²) in [5, 5.41) is 1.70. The lowest BCUT2D eigenvalue weighted by atomic mass is 10.0. The van der Waals surface area contributed by atoms with Gasteiger partial charge in [0.05, 0.1) is 5.02 Å². The van der Waals surface area contributed by atoms with Crippen molar-refractivity contribution < 1.29 is 4.42 Å². The average Bonchev–Trinajstić information content (AvgIpc) is 2.90. The molecule has 0 saturated heterocycles. The molecule has 0 radical (unpaired) electrons. The molecule has 2 aromatic carbocycles. The quantitative estimate of drug-likeness (QED) is 0.753. The maximum atomic E-state index is 6.20. The molecule has 0 bridgehead atoms. The molecule has 3 heteroatoms.